The quantitative estimate of drug-likeness (QED) is 0.175. The van der Waals surface area contributed by atoms with Gasteiger partial charge in [0.15, 0.2) is 5.96 Å². The van der Waals surface area contributed by atoms with Crippen LogP contribution in [0, 0.1) is 0 Å². The first kappa shape index (κ1) is 24.5. The summed E-state index contributed by atoms with van der Waals surface area (Å²) >= 11 is 1.88. The van der Waals surface area contributed by atoms with Crippen LogP contribution in [0.4, 0.5) is 0 Å². The Hall–Kier alpha value is -0.470. The molecule has 1 aromatic carbocycles. The minimum atomic E-state index is 0. The minimum Gasteiger partial charge on any atom is -0.356 e. The van der Waals surface area contributed by atoms with Crippen molar-refractivity contribution in [2.45, 2.75) is 49.8 Å². The normalized spacial score (nSPS) is 12.8. The van der Waals surface area contributed by atoms with Crippen molar-refractivity contribution in [2.75, 3.05) is 33.7 Å². The van der Waals surface area contributed by atoms with Crippen molar-refractivity contribution in [2.24, 2.45) is 4.99 Å². The van der Waals surface area contributed by atoms with Gasteiger partial charge in [-0.05, 0) is 52.4 Å². The number of benzene rings is 1. The van der Waals surface area contributed by atoms with Crippen molar-refractivity contribution in [1.82, 2.24) is 15.5 Å². The molecular formula is C19H35IN4S. The van der Waals surface area contributed by atoms with Crippen LogP contribution in [0.2, 0.25) is 0 Å². The van der Waals surface area contributed by atoms with E-state index < -0.39 is 0 Å². The van der Waals surface area contributed by atoms with Gasteiger partial charge < -0.3 is 15.5 Å². The molecule has 6 heteroatoms. The zero-order valence-corrected chi connectivity index (χ0v) is 19.4. The summed E-state index contributed by atoms with van der Waals surface area (Å²) in [4.78, 5) is 8.00. The Morgan fingerprint density at radius 2 is 1.80 bits per heavy atom. The van der Waals surface area contributed by atoms with Crippen LogP contribution in [0.1, 0.15) is 33.6 Å². The summed E-state index contributed by atoms with van der Waals surface area (Å²) in [6, 6.07) is 11.2. The van der Waals surface area contributed by atoms with Gasteiger partial charge in [-0.3, -0.25) is 4.99 Å². The maximum Gasteiger partial charge on any atom is 0.191 e. The van der Waals surface area contributed by atoms with Crippen molar-refractivity contribution in [1.29, 1.82) is 0 Å². The molecule has 2 N–H and O–H groups in total. The second-order valence-corrected chi connectivity index (χ2v) is 7.91. The third-order valence-corrected chi connectivity index (χ3v) is 5.09. The van der Waals surface area contributed by atoms with Gasteiger partial charge >= 0.3 is 0 Å². The molecule has 0 saturated heterocycles. The lowest BCUT2D eigenvalue weighted by molar-refractivity contribution is 0.268. The van der Waals surface area contributed by atoms with E-state index >= 15 is 0 Å². The number of thioether (sulfide) groups is 1. The van der Waals surface area contributed by atoms with Crippen LogP contribution in [-0.4, -0.2) is 55.9 Å². The first-order chi connectivity index (χ1) is 11.5. The monoisotopic (exact) mass is 478 g/mol. The fourth-order valence-electron chi connectivity index (χ4n) is 2.19. The SMILES string of the molecule is CN=C(NCCCCN(C)C(C)C)NCC(C)Sc1ccccc1.I. The third-order valence-electron chi connectivity index (χ3n) is 3.97. The fraction of sp³-hybridized carbons (Fsp3) is 0.632. The summed E-state index contributed by atoms with van der Waals surface area (Å²) in [5, 5.41) is 7.31. The molecule has 0 heterocycles. The standard InChI is InChI=1S/C19H34N4S.HI/c1-16(2)23(5)14-10-9-13-21-19(20-4)22-15-17(3)24-18-11-7-6-8-12-18;/h6-8,11-12,16-17H,9-10,13-15H2,1-5H3,(H2,20,21,22);1H. The van der Waals surface area contributed by atoms with Crippen molar-refractivity contribution in [3.05, 3.63) is 30.3 Å². The van der Waals surface area contributed by atoms with E-state index in [1.165, 1.54) is 11.3 Å². The largest absolute Gasteiger partial charge is 0.356 e. The lowest BCUT2D eigenvalue weighted by Gasteiger charge is -2.21. The number of rotatable bonds is 10. The van der Waals surface area contributed by atoms with Crippen LogP contribution in [0.25, 0.3) is 0 Å². The highest BCUT2D eigenvalue weighted by Crippen LogP contribution is 2.21. The molecule has 25 heavy (non-hydrogen) atoms. The zero-order chi connectivity index (χ0) is 17.8. The van der Waals surface area contributed by atoms with E-state index in [9.17, 15) is 0 Å². The highest BCUT2D eigenvalue weighted by Gasteiger charge is 2.06. The molecule has 0 aliphatic rings. The molecule has 4 nitrogen and oxygen atoms in total. The van der Waals surface area contributed by atoms with Gasteiger partial charge in [0.2, 0.25) is 0 Å². The van der Waals surface area contributed by atoms with E-state index in [0.29, 0.717) is 11.3 Å². The molecule has 0 radical (unpaired) electrons. The van der Waals surface area contributed by atoms with Gasteiger partial charge in [-0.2, -0.15) is 0 Å². The Morgan fingerprint density at radius 1 is 1.12 bits per heavy atom. The maximum atomic E-state index is 4.30. The summed E-state index contributed by atoms with van der Waals surface area (Å²) in [7, 11) is 4.02. The summed E-state index contributed by atoms with van der Waals surface area (Å²) in [5.74, 6) is 0.896. The van der Waals surface area contributed by atoms with Crippen molar-refractivity contribution in [3.8, 4) is 0 Å². The molecule has 0 saturated carbocycles. The molecule has 0 aliphatic carbocycles. The highest BCUT2D eigenvalue weighted by molar-refractivity contribution is 14.0. The Bertz CT molecular complexity index is 468. The fourth-order valence-corrected chi connectivity index (χ4v) is 3.13. The van der Waals surface area contributed by atoms with Crippen LogP contribution in [0.15, 0.2) is 40.2 Å². The lowest BCUT2D eigenvalue weighted by Crippen LogP contribution is -2.40. The molecule has 0 aliphatic heterocycles. The van der Waals surface area contributed by atoms with E-state index in [4.69, 9.17) is 0 Å². The van der Waals surface area contributed by atoms with Gasteiger partial charge in [0.25, 0.3) is 0 Å². The van der Waals surface area contributed by atoms with Crippen molar-refractivity contribution < 1.29 is 0 Å². The van der Waals surface area contributed by atoms with Gasteiger partial charge in [-0.25, -0.2) is 0 Å². The molecule has 0 spiro atoms. The van der Waals surface area contributed by atoms with Gasteiger partial charge in [0, 0.05) is 36.3 Å². The summed E-state index contributed by atoms with van der Waals surface area (Å²) in [5.41, 5.74) is 0. The second kappa shape index (κ2) is 14.7. The molecule has 0 amide bonds. The topological polar surface area (TPSA) is 39.7 Å². The van der Waals surface area contributed by atoms with Gasteiger partial charge in [0.05, 0.1) is 0 Å². The number of guanidine groups is 1. The molecule has 0 fully saturated rings. The first-order valence-corrected chi connectivity index (χ1v) is 9.77. The lowest BCUT2D eigenvalue weighted by atomic mass is 10.2. The third kappa shape index (κ3) is 11.7. The number of nitrogens with one attached hydrogen (secondary N) is 2. The predicted molar refractivity (Wildman–Crippen MR) is 124 cm³/mol. The molecule has 144 valence electrons. The highest BCUT2D eigenvalue weighted by atomic mass is 127. The van der Waals surface area contributed by atoms with Crippen molar-refractivity contribution >= 4 is 41.7 Å². The van der Waals surface area contributed by atoms with E-state index in [1.54, 1.807) is 0 Å². The molecular weight excluding hydrogens is 443 g/mol. The maximum absolute atomic E-state index is 4.30. The Labute approximate surface area is 175 Å². The van der Waals surface area contributed by atoms with Gasteiger partial charge in [-0.1, -0.05) is 25.1 Å². The Kier molecular flexibility index (Phi) is 14.4. The molecule has 1 unspecified atom stereocenters. The summed E-state index contributed by atoms with van der Waals surface area (Å²) < 4.78 is 0. The Morgan fingerprint density at radius 3 is 2.40 bits per heavy atom. The zero-order valence-electron chi connectivity index (χ0n) is 16.3. The smallest absolute Gasteiger partial charge is 0.191 e. The average molecular weight is 478 g/mol. The van der Waals surface area contributed by atoms with E-state index in [-0.39, 0.29) is 24.0 Å². The second-order valence-electron chi connectivity index (χ2n) is 6.40. The number of halogens is 1. The van der Waals surface area contributed by atoms with E-state index in [2.05, 4.69) is 78.7 Å². The van der Waals surface area contributed by atoms with Crippen LogP contribution < -0.4 is 10.6 Å². The van der Waals surface area contributed by atoms with Crippen molar-refractivity contribution in [3.63, 3.8) is 0 Å². The number of unbranched alkanes of at least 4 members (excludes halogenated alkanes) is 1. The predicted octanol–water partition coefficient (Wildman–Crippen LogP) is 4.07. The number of aliphatic imine (C=N–C) groups is 1. The van der Waals surface area contributed by atoms with Gasteiger partial charge in [-0.15, -0.1) is 35.7 Å². The molecule has 1 aromatic rings. The summed E-state index contributed by atoms with van der Waals surface area (Å²) in [6.45, 7) is 9.72. The average Bonchev–Trinajstić information content (AvgIpc) is 2.57. The summed E-state index contributed by atoms with van der Waals surface area (Å²) in [6.07, 6.45) is 2.37. The number of hydrogen-bond donors (Lipinski definition) is 2. The van der Waals surface area contributed by atoms with Crippen LogP contribution >= 0.6 is 35.7 Å². The minimum absolute atomic E-state index is 0. The molecule has 0 bridgehead atoms. The van der Waals surface area contributed by atoms with E-state index in [1.807, 2.05) is 18.8 Å². The first-order valence-electron chi connectivity index (χ1n) is 8.89. The van der Waals surface area contributed by atoms with Crippen LogP contribution in [0.3, 0.4) is 0 Å². The van der Waals surface area contributed by atoms with Crippen LogP contribution in [0.5, 0.6) is 0 Å². The van der Waals surface area contributed by atoms with Gasteiger partial charge in [0.1, 0.15) is 0 Å². The number of hydrogen-bond acceptors (Lipinski definition) is 3. The molecule has 1 atom stereocenters. The Balaban J connectivity index is 0.00000576. The molecule has 0 aromatic heterocycles. The van der Waals surface area contributed by atoms with E-state index in [0.717, 1.165) is 32.0 Å². The number of nitrogens with zero attached hydrogens (tertiary/aromatic N) is 2. The molecule has 1 rings (SSSR count). The van der Waals surface area contributed by atoms with Crippen LogP contribution in [-0.2, 0) is 0 Å².